The van der Waals surface area contributed by atoms with Crippen molar-refractivity contribution in [1.29, 1.82) is 0 Å². The van der Waals surface area contributed by atoms with E-state index in [1.807, 2.05) is 0 Å². The summed E-state index contributed by atoms with van der Waals surface area (Å²) in [6.07, 6.45) is 4.87. The molecule has 1 saturated carbocycles. The summed E-state index contributed by atoms with van der Waals surface area (Å²) in [6.45, 7) is 0. The van der Waals surface area contributed by atoms with E-state index in [1.165, 1.54) is 12.4 Å². The highest BCUT2D eigenvalue weighted by atomic mass is 16.2. The van der Waals surface area contributed by atoms with Crippen molar-refractivity contribution >= 4 is 17.8 Å². The number of nitrogens with one attached hydrogen (secondary N) is 2. The summed E-state index contributed by atoms with van der Waals surface area (Å²) in [7, 11) is 0. The van der Waals surface area contributed by atoms with Gasteiger partial charge in [0.05, 0.1) is 0 Å². The number of anilines is 1. The zero-order chi connectivity index (χ0) is 10.7. The van der Waals surface area contributed by atoms with Crippen molar-refractivity contribution < 1.29 is 9.59 Å². The Morgan fingerprint density at radius 2 is 1.87 bits per heavy atom. The van der Waals surface area contributed by atoms with Crippen LogP contribution in [0.5, 0.6) is 0 Å². The van der Waals surface area contributed by atoms with Crippen LogP contribution in [0, 0.1) is 0 Å². The van der Waals surface area contributed by atoms with E-state index in [0.29, 0.717) is 0 Å². The zero-order valence-electron chi connectivity index (χ0n) is 7.93. The molecule has 6 heteroatoms. The molecule has 1 aromatic heterocycles. The highest BCUT2D eigenvalue weighted by Gasteiger charge is 2.26. The molecule has 78 valence electrons. The highest BCUT2D eigenvalue weighted by molar-refractivity contribution is 6.39. The predicted octanol–water partition coefficient (Wildman–Crippen LogP) is -0.306. The number of rotatable bonds is 2. The molecule has 0 unspecified atom stereocenters. The molecule has 1 aliphatic carbocycles. The Morgan fingerprint density at radius 3 is 2.47 bits per heavy atom. The fourth-order valence-corrected chi connectivity index (χ4v) is 1.00. The molecule has 0 radical (unpaired) electrons. The Balaban J connectivity index is 1.88. The van der Waals surface area contributed by atoms with Crippen LogP contribution in [0.15, 0.2) is 18.5 Å². The van der Waals surface area contributed by atoms with Crippen LogP contribution < -0.4 is 10.6 Å². The summed E-state index contributed by atoms with van der Waals surface area (Å²) in [6, 6.07) is 1.79. The third-order valence-corrected chi connectivity index (χ3v) is 1.91. The molecule has 1 aliphatic rings. The summed E-state index contributed by atoms with van der Waals surface area (Å²) in [4.78, 5) is 30.0. The quantitative estimate of drug-likeness (QED) is 0.650. The lowest BCUT2D eigenvalue weighted by atomic mass is 10.5. The van der Waals surface area contributed by atoms with Crippen LogP contribution >= 0.6 is 0 Å². The molecule has 0 aromatic carbocycles. The zero-order valence-corrected chi connectivity index (χ0v) is 7.93. The highest BCUT2D eigenvalue weighted by Crippen LogP contribution is 2.18. The van der Waals surface area contributed by atoms with Crippen molar-refractivity contribution in [2.75, 3.05) is 5.32 Å². The SMILES string of the molecule is O=C(Nc1ncccn1)C(=O)NC1CC1. The molecule has 0 saturated heterocycles. The number of hydrogen-bond acceptors (Lipinski definition) is 4. The molecule has 6 nitrogen and oxygen atoms in total. The fraction of sp³-hybridized carbons (Fsp3) is 0.333. The Morgan fingerprint density at radius 1 is 1.20 bits per heavy atom. The normalized spacial score (nSPS) is 14.4. The van der Waals surface area contributed by atoms with E-state index in [4.69, 9.17) is 0 Å². The van der Waals surface area contributed by atoms with Crippen LogP contribution in [0.3, 0.4) is 0 Å². The van der Waals surface area contributed by atoms with Crippen LogP contribution in [-0.2, 0) is 9.59 Å². The number of carbonyl (C=O) groups excluding carboxylic acids is 2. The van der Waals surface area contributed by atoms with Gasteiger partial charge in [0.1, 0.15) is 0 Å². The summed E-state index contributed by atoms with van der Waals surface area (Å²) < 4.78 is 0. The third-order valence-electron chi connectivity index (χ3n) is 1.91. The Kier molecular flexibility index (Phi) is 2.57. The van der Waals surface area contributed by atoms with Gasteiger partial charge in [0.2, 0.25) is 5.95 Å². The van der Waals surface area contributed by atoms with E-state index >= 15 is 0 Å². The number of amides is 2. The number of hydrogen-bond donors (Lipinski definition) is 2. The van der Waals surface area contributed by atoms with Gasteiger partial charge in [-0.1, -0.05) is 0 Å². The van der Waals surface area contributed by atoms with Gasteiger partial charge < -0.3 is 5.32 Å². The topological polar surface area (TPSA) is 84.0 Å². The van der Waals surface area contributed by atoms with Gasteiger partial charge in [-0.2, -0.15) is 0 Å². The maximum Gasteiger partial charge on any atom is 0.316 e. The second-order valence-electron chi connectivity index (χ2n) is 3.27. The first-order valence-corrected chi connectivity index (χ1v) is 4.64. The van der Waals surface area contributed by atoms with Crippen LogP contribution in [0.2, 0.25) is 0 Å². The van der Waals surface area contributed by atoms with Crippen molar-refractivity contribution in [1.82, 2.24) is 15.3 Å². The molecule has 1 heterocycles. The maximum absolute atomic E-state index is 11.3. The van der Waals surface area contributed by atoms with Crippen molar-refractivity contribution in [3.8, 4) is 0 Å². The van der Waals surface area contributed by atoms with Gasteiger partial charge in [-0.05, 0) is 18.9 Å². The first-order valence-electron chi connectivity index (χ1n) is 4.64. The molecule has 2 N–H and O–H groups in total. The molecule has 0 atom stereocenters. The average molecular weight is 206 g/mol. The minimum absolute atomic E-state index is 0.133. The van der Waals surface area contributed by atoms with Gasteiger partial charge in [0.25, 0.3) is 0 Å². The number of nitrogens with zero attached hydrogens (tertiary/aromatic N) is 2. The third kappa shape index (κ3) is 2.73. The van der Waals surface area contributed by atoms with Crippen LogP contribution in [0.1, 0.15) is 12.8 Å². The van der Waals surface area contributed by atoms with Gasteiger partial charge in [-0.3, -0.25) is 14.9 Å². The smallest absolute Gasteiger partial charge is 0.316 e. The molecule has 1 fully saturated rings. The first kappa shape index (κ1) is 9.57. The predicted molar refractivity (Wildman–Crippen MR) is 51.8 cm³/mol. The maximum atomic E-state index is 11.3. The molecular formula is C9H10N4O2. The Bertz CT molecular complexity index is 375. The van der Waals surface area contributed by atoms with Crippen LogP contribution in [-0.4, -0.2) is 27.8 Å². The lowest BCUT2D eigenvalue weighted by Gasteiger charge is -2.02. The van der Waals surface area contributed by atoms with Crippen molar-refractivity contribution in [3.63, 3.8) is 0 Å². The average Bonchev–Trinajstić information content (AvgIpc) is 3.03. The molecule has 15 heavy (non-hydrogen) atoms. The number of carbonyl (C=O) groups is 2. The molecule has 0 bridgehead atoms. The molecule has 2 amide bonds. The van der Waals surface area contributed by atoms with Gasteiger partial charge in [-0.25, -0.2) is 9.97 Å². The standard InChI is InChI=1S/C9H10N4O2/c14-7(12-6-2-3-6)8(15)13-9-10-4-1-5-11-9/h1,4-6H,2-3H2,(H,12,14)(H,10,11,13,15). The van der Waals surface area contributed by atoms with E-state index in [0.717, 1.165) is 12.8 Å². The molecule has 1 aromatic rings. The molecule has 0 spiro atoms. The summed E-state index contributed by atoms with van der Waals surface area (Å²) in [5, 5.41) is 4.87. The lowest BCUT2D eigenvalue weighted by molar-refractivity contribution is -0.136. The first-order chi connectivity index (χ1) is 7.25. The molecule has 2 rings (SSSR count). The van der Waals surface area contributed by atoms with Gasteiger partial charge >= 0.3 is 11.8 Å². The van der Waals surface area contributed by atoms with Crippen LogP contribution in [0.25, 0.3) is 0 Å². The van der Waals surface area contributed by atoms with E-state index in [1.54, 1.807) is 6.07 Å². The number of aromatic nitrogens is 2. The van der Waals surface area contributed by atoms with E-state index < -0.39 is 11.8 Å². The van der Waals surface area contributed by atoms with Crippen LogP contribution in [0.4, 0.5) is 5.95 Å². The van der Waals surface area contributed by atoms with Gasteiger partial charge in [-0.15, -0.1) is 0 Å². The summed E-state index contributed by atoms with van der Waals surface area (Å²) >= 11 is 0. The van der Waals surface area contributed by atoms with E-state index in [9.17, 15) is 9.59 Å². The molecule has 0 aliphatic heterocycles. The second-order valence-corrected chi connectivity index (χ2v) is 3.27. The fourth-order valence-electron chi connectivity index (χ4n) is 1.00. The lowest BCUT2D eigenvalue weighted by Crippen LogP contribution is -2.36. The summed E-state index contributed by atoms with van der Waals surface area (Å²) in [5.41, 5.74) is 0. The monoisotopic (exact) mass is 206 g/mol. The summed E-state index contributed by atoms with van der Waals surface area (Å²) in [5.74, 6) is -1.23. The van der Waals surface area contributed by atoms with Crippen molar-refractivity contribution in [2.24, 2.45) is 0 Å². The van der Waals surface area contributed by atoms with Crippen molar-refractivity contribution in [3.05, 3.63) is 18.5 Å². The largest absolute Gasteiger partial charge is 0.345 e. The van der Waals surface area contributed by atoms with Crippen molar-refractivity contribution in [2.45, 2.75) is 18.9 Å². The van der Waals surface area contributed by atoms with E-state index in [-0.39, 0.29) is 12.0 Å². The van der Waals surface area contributed by atoms with Gasteiger partial charge in [0.15, 0.2) is 0 Å². The Labute approximate surface area is 86.1 Å². The second kappa shape index (κ2) is 4.04. The minimum atomic E-state index is -0.729. The Hall–Kier alpha value is -1.98. The van der Waals surface area contributed by atoms with Gasteiger partial charge in [0, 0.05) is 18.4 Å². The minimum Gasteiger partial charge on any atom is -0.345 e. The van der Waals surface area contributed by atoms with E-state index in [2.05, 4.69) is 20.6 Å². The molecular weight excluding hydrogens is 196 g/mol.